The van der Waals surface area contributed by atoms with Gasteiger partial charge in [0.1, 0.15) is 5.82 Å². The van der Waals surface area contributed by atoms with Crippen LogP contribution in [0.2, 0.25) is 0 Å². The van der Waals surface area contributed by atoms with E-state index in [-0.39, 0.29) is 0 Å². The van der Waals surface area contributed by atoms with Crippen LogP contribution in [0, 0.1) is 0 Å². The molecule has 0 saturated heterocycles. The molecule has 0 fully saturated rings. The predicted octanol–water partition coefficient (Wildman–Crippen LogP) is 2.76. The summed E-state index contributed by atoms with van der Waals surface area (Å²) in [5.41, 5.74) is 1.20. The minimum Gasteiger partial charge on any atom is -0.349 e. The molecule has 0 radical (unpaired) electrons. The molecule has 1 aromatic rings. The highest BCUT2D eigenvalue weighted by Gasteiger charge is 2.10. The van der Waals surface area contributed by atoms with Gasteiger partial charge in [-0.3, -0.25) is 0 Å². The van der Waals surface area contributed by atoms with Crippen molar-refractivity contribution in [3.8, 4) is 0 Å². The van der Waals surface area contributed by atoms with Crippen LogP contribution in [-0.2, 0) is 6.54 Å². The van der Waals surface area contributed by atoms with Crippen molar-refractivity contribution in [3.05, 3.63) is 49.2 Å². The Labute approximate surface area is 110 Å². The molecule has 0 aromatic carbocycles. The lowest BCUT2D eigenvalue weighted by Gasteiger charge is -2.23. The molecule has 0 aliphatic heterocycles. The summed E-state index contributed by atoms with van der Waals surface area (Å²) in [6.45, 7) is 14.2. The maximum atomic E-state index is 4.48. The Bertz CT molecular complexity index is 375. The van der Waals surface area contributed by atoms with Gasteiger partial charge in [0.15, 0.2) is 0 Å². The van der Waals surface area contributed by atoms with Crippen molar-refractivity contribution in [3.63, 3.8) is 0 Å². The van der Waals surface area contributed by atoms with E-state index in [2.05, 4.69) is 48.3 Å². The maximum absolute atomic E-state index is 4.48. The number of hydrogen-bond acceptors (Lipinski definition) is 3. The number of anilines is 1. The second-order valence-corrected chi connectivity index (χ2v) is 4.50. The molecule has 0 aliphatic carbocycles. The van der Waals surface area contributed by atoms with Gasteiger partial charge in [0, 0.05) is 37.4 Å². The predicted molar refractivity (Wildman–Crippen MR) is 78.8 cm³/mol. The van der Waals surface area contributed by atoms with Crippen molar-refractivity contribution in [1.29, 1.82) is 0 Å². The van der Waals surface area contributed by atoms with E-state index in [9.17, 15) is 0 Å². The normalized spacial score (nSPS) is 10.4. The fourth-order valence-electron chi connectivity index (χ4n) is 1.73. The van der Waals surface area contributed by atoms with Gasteiger partial charge in [-0.2, -0.15) is 0 Å². The Balaban J connectivity index is 2.89. The highest BCUT2D eigenvalue weighted by molar-refractivity contribution is 5.47. The third-order valence-electron chi connectivity index (χ3n) is 2.57. The van der Waals surface area contributed by atoms with E-state index in [1.807, 2.05) is 24.4 Å². The third kappa shape index (κ3) is 4.34. The number of hydrogen-bond donors (Lipinski definition) is 1. The quantitative estimate of drug-likeness (QED) is 0.714. The van der Waals surface area contributed by atoms with Crippen molar-refractivity contribution < 1.29 is 0 Å². The van der Waals surface area contributed by atoms with Crippen LogP contribution in [-0.4, -0.2) is 24.1 Å². The second kappa shape index (κ2) is 7.67. The Morgan fingerprint density at radius 1 is 1.33 bits per heavy atom. The van der Waals surface area contributed by atoms with Crippen LogP contribution in [0.4, 0.5) is 5.82 Å². The summed E-state index contributed by atoms with van der Waals surface area (Å²) in [6, 6.07) is 4.54. The molecule has 3 nitrogen and oxygen atoms in total. The van der Waals surface area contributed by atoms with Gasteiger partial charge >= 0.3 is 0 Å². The second-order valence-electron chi connectivity index (χ2n) is 4.50. The Kier molecular flexibility index (Phi) is 6.15. The number of pyridine rings is 1. The Hall–Kier alpha value is -1.61. The third-order valence-corrected chi connectivity index (χ3v) is 2.57. The van der Waals surface area contributed by atoms with Crippen LogP contribution in [0.1, 0.15) is 19.4 Å². The van der Waals surface area contributed by atoms with Crippen LogP contribution in [0.15, 0.2) is 43.6 Å². The minimum atomic E-state index is 0.463. The zero-order valence-electron chi connectivity index (χ0n) is 11.4. The first-order valence-electron chi connectivity index (χ1n) is 6.33. The summed E-state index contributed by atoms with van der Waals surface area (Å²) in [6.07, 6.45) is 5.60. The fraction of sp³-hybridized carbons (Fsp3) is 0.400. The lowest BCUT2D eigenvalue weighted by molar-refractivity contribution is 0.587. The van der Waals surface area contributed by atoms with Gasteiger partial charge in [0.25, 0.3) is 0 Å². The molecule has 1 N–H and O–H groups in total. The van der Waals surface area contributed by atoms with Crippen LogP contribution < -0.4 is 10.2 Å². The van der Waals surface area contributed by atoms with Gasteiger partial charge in [-0.1, -0.05) is 32.1 Å². The minimum absolute atomic E-state index is 0.463. The molecule has 0 saturated carbocycles. The number of nitrogens with zero attached hydrogens (tertiary/aromatic N) is 2. The monoisotopic (exact) mass is 245 g/mol. The molecule has 98 valence electrons. The Morgan fingerprint density at radius 2 is 2.00 bits per heavy atom. The van der Waals surface area contributed by atoms with E-state index in [4.69, 9.17) is 0 Å². The summed E-state index contributed by atoms with van der Waals surface area (Å²) in [4.78, 5) is 6.65. The van der Waals surface area contributed by atoms with Crippen molar-refractivity contribution >= 4 is 5.82 Å². The Morgan fingerprint density at radius 3 is 2.56 bits per heavy atom. The average molecular weight is 245 g/mol. The lowest BCUT2D eigenvalue weighted by Crippen LogP contribution is -2.28. The first-order valence-corrected chi connectivity index (χ1v) is 6.33. The highest BCUT2D eigenvalue weighted by Crippen LogP contribution is 2.17. The first kappa shape index (κ1) is 14.5. The average Bonchev–Trinajstić information content (AvgIpc) is 2.36. The largest absolute Gasteiger partial charge is 0.349 e. The molecule has 3 heteroatoms. The van der Waals surface area contributed by atoms with Gasteiger partial charge < -0.3 is 10.2 Å². The number of aromatic nitrogens is 1. The SMILES string of the molecule is C=CCN(CC=C)c1ncccc1CNC(C)C. The molecule has 0 bridgehead atoms. The van der Waals surface area contributed by atoms with Crippen molar-refractivity contribution in [2.75, 3.05) is 18.0 Å². The first-order chi connectivity index (χ1) is 8.69. The zero-order valence-corrected chi connectivity index (χ0v) is 11.4. The number of rotatable bonds is 8. The van der Waals surface area contributed by atoms with E-state index in [0.717, 1.165) is 25.5 Å². The molecule has 0 atom stereocenters. The fourth-order valence-corrected chi connectivity index (χ4v) is 1.73. The van der Waals surface area contributed by atoms with Gasteiger partial charge in [-0.15, -0.1) is 13.2 Å². The summed E-state index contributed by atoms with van der Waals surface area (Å²) in [7, 11) is 0. The van der Waals surface area contributed by atoms with Gasteiger partial charge in [0.2, 0.25) is 0 Å². The smallest absolute Gasteiger partial charge is 0.133 e. The van der Waals surface area contributed by atoms with E-state index >= 15 is 0 Å². The van der Waals surface area contributed by atoms with E-state index < -0.39 is 0 Å². The van der Waals surface area contributed by atoms with E-state index in [0.29, 0.717) is 6.04 Å². The van der Waals surface area contributed by atoms with Crippen LogP contribution >= 0.6 is 0 Å². The molecular formula is C15H23N3. The van der Waals surface area contributed by atoms with E-state index in [1.54, 1.807) is 0 Å². The molecule has 1 aromatic heterocycles. The van der Waals surface area contributed by atoms with Crippen molar-refractivity contribution in [2.24, 2.45) is 0 Å². The molecule has 0 unspecified atom stereocenters. The topological polar surface area (TPSA) is 28.2 Å². The van der Waals surface area contributed by atoms with Crippen LogP contribution in [0.3, 0.4) is 0 Å². The van der Waals surface area contributed by atoms with E-state index in [1.165, 1.54) is 5.56 Å². The number of nitrogens with one attached hydrogen (secondary N) is 1. The van der Waals surface area contributed by atoms with Crippen LogP contribution in [0.25, 0.3) is 0 Å². The zero-order chi connectivity index (χ0) is 13.4. The van der Waals surface area contributed by atoms with Gasteiger partial charge in [-0.25, -0.2) is 4.98 Å². The summed E-state index contributed by atoms with van der Waals surface area (Å²) >= 11 is 0. The van der Waals surface area contributed by atoms with Crippen LogP contribution in [0.5, 0.6) is 0 Å². The molecule has 0 amide bonds. The highest BCUT2D eigenvalue weighted by atomic mass is 15.2. The molecule has 1 rings (SSSR count). The van der Waals surface area contributed by atoms with Gasteiger partial charge in [0.05, 0.1) is 0 Å². The standard InChI is InChI=1S/C15H23N3/c1-5-10-18(11-6-2)15-14(8-7-9-16-15)12-17-13(3)4/h5-9,13,17H,1-2,10-12H2,3-4H3. The van der Waals surface area contributed by atoms with Crippen molar-refractivity contribution in [2.45, 2.75) is 26.4 Å². The summed E-state index contributed by atoms with van der Waals surface area (Å²) in [5, 5.41) is 3.42. The molecule has 18 heavy (non-hydrogen) atoms. The van der Waals surface area contributed by atoms with Crippen molar-refractivity contribution in [1.82, 2.24) is 10.3 Å². The summed E-state index contributed by atoms with van der Waals surface area (Å²) < 4.78 is 0. The molecule has 1 heterocycles. The molecular weight excluding hydrogens is 222 g/mol. The summed E-state index contributed by atoms with van der Waals surface area (Å²) in [5.74, 6) is 1.01. The molecule has 0 spiro atoms. The molecule has 0 aliphatic rings. The maximum Gasteiger partial charge on any atom is 0.133 e. The van der Waals surface area contributed by atoms with Gasteiger partial charge in [-0.05, 0) is 6.07 Å². The lowest BCUT2D eigenvalue weighted by atomic mass is 10.2.